The maximum absolute atomic E-state index is 13.5. The third-order valence-corrected chi connectivity index (χ3v) is 15.8. The van der Waals surface area contributed by atoms with Gasteiger partial charge in [0, 0.05) is 10.8 Å². The molecule has 0 aromatic carbocycles. The Kier molecular flexibility index (Phi) is 8.49. The number of fused-ring (bicyclic) bond motifs is 7. The molecule has 46 heavy (non-hydrogen) atoms. The lowest BCUT2D eigenvalue weighted by atomic mass is 9.33. The van der Waals surface area contributed by atoms with Crippen molar-refractivity contribution in [3.63, 3.8) is 0 Å². The molecule has 4 saturated carbocycles. The van der Waals surface area contributed by atoms with Gasteiger partial charge in [0.1, 0.15) is 18.3 Å². The fourth-order valence-electron chi connectivity index (χ4n) is 12.4. The third kappa shape index (κ3) is 4.54. The molecule has 5 aliphatic carbocycles. The van der Waals surface area contributed by atoms with E-state index >= 15 is 0 Å². The first-order valence-electron chi connectivity index (χ1n) is 17.8. The quantitative estimate of drug-likeness (QED) is 0.225. The van der Waals surface area contributed by atoms with Crippen LogP contribution >= 0.6 is 0 Å². The molecule has 0 aromatic rings. The molecule has 1 heterocycles. The molecule has 262 valence electrons. The van der Waals surface area contributed by atoms with Crippen LogP contribution in [0.25, 0.3) is 0 Å². The van der Waals surface area contributed by atoms with Gasteiger partial charge in [-0.25, -0.2) is 0 Å². The highest BCUT2D eigenvalue weighted by Crippen LogP contribution is 2.76. The van der Waals surface area contributed by atoms with Crippen LogP contribution in [0.1, 0.15) is 106 Å². The van der Waals surface area contributed by atoms with Gasteiger partial charge < -0.3 is 39.7 Å². The smallest absolute Gasteiger partial charge is 0.311 e. The van der Waals surface area contributed by atoms with Crippen LogP contribution in [0.15, 0.2) is 11.6 Å². The Hall–Kier alpha value is -1.07. The summed E-state index contributed by atoms with van der Waals surface area (Å²) in [4.78, 5) is 13.5. The van der Waals surface area contributed by atoms with Crippen molar-refractivity contribution >= 4 is 5.97 Å². The molecule has 5 fully saturated rings. The van der Waals surface area contributed by atoms with E-state index in [1.54, 1.807) is 6.92 Å². The molecular formula is C37H60O9. The maximum atomic E-state index is 13.5. The van der Waals surface area contributed by atoms with Gasteiger partial charge in [0.15, 0.2) is 6.29 Å². The van der Waals surface area contributed by atoms with Gasteiger partial charge in [0.2, 0.25) is 0 Å². The Balaban J connectivity index is 1.39. The summed E-state index contributed by atoms with van der Waals surface area (Å²) in [6, 6.07) is 0. The Bertz CT molecular complexity index is 1240. The second-order valence-corrected chi connectivity index (χ2v) is 17.8. The van der Waals surface area contributed by atoms with E-state index in [1.165, 1.54) is 12.7 Å². The molecule has 6 aliphatic rings. The molecule has 9 nitrogen and oxygen atoms in total. The van der Waals surface area contributed by atoms with Crippen molar-refractivity contribution < 1.29 is 44.5 Å². The van der Waals surface area contributed by atoms with Gasteiger partial charge in [0.05, 0.1) is 37.4 Å². The zero-order valence-corrected chi connectivity index (χ0v) is 29.3. The summed E-state index contributed by atoms with van der Waals surface area (Å²) in [5, 5.41) is 53.4. The summed E-state index contributed by atoms with van der Waals surface area (Å²) in [7, 11) is 1.43. The Morgan fingerprint density at radius 3 is 2.24 bits per heavy atom. The zero-order valence-electron chi connectivity index (χ0n) is 29.3. The minimum absolute atomic E-state index is 0.00167. The van der Waals surface area contributed by atoms with Gasteiger partial charge in [0.25, 0.3) is 0 Å². The summed E-state index contributed by atoms with van der Waals surface area (Å²) >= 11 is 0. The van der Waals surface area contributed by atoms with Crippen LogP contribution in [0.3, 0.4) is 0 Å². The van der Waals surface area contributed by atoms with Gasteiger partial charge in [-0.2, -0.15) is 0 Å². The predicted octanol–water partition coefficient (Wildman–Crippen LogP) is 4.12. The van der Waals surface area contributed by atoms with Crippen molar-refractivity contribution in [2.24, 2.45) is 50.2 Å². The predicted molar refractivity (Wildman–Crippen MR) is 171 cm³/mol. The van der Waals surface area contributed by atoms with E-state index in [4.69, 9.17) is 14.2 Å². The summed E-state index contributed by atoms with van der Waals surface area (Å²) < 4.78 is 18.0. The van der Waals surface area contributed by atoms with Crippen LogP contribution in [0, 0.1) is 50.2 Å². The van der Waals surface area contributed by atoms with Crippen LogP contribution in [0.5, 0.6) is 0 Å². The van der Waals surface area contributed by atoms with Gasteiger partial charge >= 0.3 is 5.97 Å². The maximum Gasteiger partial charge on any atom is 0.311 e. The number of ether oxygens (including phenoxy) is 3. The minimum Gasteiger partial charge on any atom is -0.469 e. The molecular weight excluding hydrogens is 588 g/mol. The largest absolute Gasteiger partial charge is 0.469 e. The second-order valence-electron chi connectivity index (χ2n) is 17.8. The van der Waals surface area contributed by atoms with Crippen molar-refractivity contribution in [1.82, 2.24) is 0 Å². The minimum atomic E-state index is -1.42. The fourth-order valence-corrected chi connectivity index (χ4v) is 12.4. The number of methoxy groups -OCH3 is 1. The van der Waals surface area contributed by atoms with E-state index in [2.05, 4.69) is 40.7 Å². The topological polar surface area (TPSA) is 146 Å². The first-order valence-corrected chi connectivity index (χ1v) is 17.8. The van der Waals surface area contributed by atoms with Crippen LogP contribution in [0.4, 0.5) is 0 Å². The van der Waals surface area contributed by atoms with Gasteiger partial charge in [-0.15, -0.1) is 0 Å². The zero-order chi connectivity index (χ0) is 33.8. The number of aliphatic hydroxyl groups excluding tert-OH is 5. The van der Waals surface area contributed by atoms with E-state index in [-0.39, 0.29) is 46.1 Å². The first-order chi connectivity index (χ1) is 21.4. The SMILES string of the molecule is COC(=O)[C@]1(C)C[C@@H](O[C@@H]2O[C@@H](C)[C@H](O)[C@@H](O)[C@H]2O)[C@]2(C)CC[C@]3(C)C(=CC[C@@H]4[C@@]5(C)CC[C@H](O)[C@](C)(CO)C5CC[C@]43C)[C@@H]2C1. The lowest BCUT2D eigenvalue weighted by Crippen LogP contribution is -2.66. The average molecular weight is 649 g/mol. The van der Waals surface area contributed by atoms with E-state index in [0.29, 0.717) is 25.2 Å². The van der Waals surface area contributed by atoms with Crippen LogP contribution in [0.2, 0.25) is 0 Å². The van der Waals surface area contributed by atoms with Crippen molar-refractivity contribution in [1.29, 1.82) is 0 Å². The number of esters is 1. The number of rotatable bonds is 4. The van der Waals surface area contributed by atoms with E-state index in [0.717, 1.165) is 38.5 Å². The summed E-state index contributed by atoms with van der Waals surface area (Å²) in [5.41, 5.74) is -0.417. The summed E-state index contributed by atoms with van der Waals surface area (Å²) in [5.74, 6) is 0.398. The van der Waals surface area contributed by atoms with E-state index in [9.17, 15) is 30.3 Å². The molecule has 1 aliphatic heterocycles. The highest BCUT2D eigenvalue weighted by atomic mass is 16.7. The fraction of sp³-hybridized carbons (Fsp3) is 0.919. The monoisotopic (exact) mass is 648 g/mol. The molecule has 9 heteroatoms. The lowest BCUT2D eigenvalue weighted by Gasteiger charge is -2.71. The van der Waals surface area contributed by atoms with E-state index in [1.807, 2.05) is 6.92 Å². The molecule has 0 spiro atoms. The number of hydrogen-bond acceptors (Lipinski definition) is 9. The normalized spacial score (nSPS) is 56.8. The van der Waals surface area contributed by atoms with Crippen LogP contribution < -0.4 is 0 Å². The van der Waals surface area contributed by atoms with Crippen LogP contribution in [-0.2, 0) is 19.0 Å². The molecule has 0 aromatic heterocycles. The molecule has 0 amide bonds. The molecule has 16 atom stereocenters. The van der Waals surface area contributed by atoms with Gasteiger partial charge in [-0.05, 0) is 106 Å². The van der Waals surface area contributed by atoms with Crippen molar-refractivity contribution in [2.75, 3.05) is 13.7 Å². The summed E-state index contributed by atoms with van der Waals surface area (Å²) in [6.07, 6.45) is 3.07. The Morgan fingerprint density at radius 2 is 1.59 bits per heavy atom. The molecule has 0 bridgehead atoms. The van der Waals surface area contributed by atoms with Crippen molar-refractivity contribution in [3.8, 4) is 0 Å². The average Bonchev–Trinajstić information content (AvgIpc) is 3.01. The number of carbonyl (C=O) groups is 1. The van der Waals surface area contributed by atoms with Gasteiger partial charge in [-0.3, -0.25) is 4.79 Å². The second kappa shape index (κ2) is 11.2. The molecule has 1 saturated heterocycles. The Labute approximate surface area is 275 Å². The third-order valence-electron chi connectivity index (χ3n) is 15.8. The van der Waals surface area contributed by atoms with Crippen molar-refractivity contribution in [2.45, 2.75) is 149 Å². The number of carbonyl (C=O) groups excluding carboxylic acids is 1. The first kappa shape index (κ1) is 34.8. The highest BCUT2D eigenvalue weighted by Gasteiger charge is 2.70. The number of aliphatic hydroxyl groups is 5. The lowest BCUT2D eigenvalue weighted by molar-refractivity contribution is -0.323. The van der Waals surface area contributed by atoms with Gasteiger partial charge in [-0.1, -0.05) is 46.3 Å². The standard InChI is InChI=1S/C37H60O9/c1-20-27(40)28(41)29(42)30(45-20)46-26-18-32(2,31(43)44-8)17-22-21-9-10-24-34(4)13-12-25(39)35(5,19-38)23(34)11-14-37(24,7)36(21,6)16-15-33(22,26)3/h9,20,22-30,38-42H,10-19H2,1-8H3/t20-,22-,23?,24+,25-,26+,27-,28+,29+,30-,32-,33+,34-,35+,36+,37+/m0/s1. The van der Waals surface area contributed by atoms with Crippen molar-refractivity contribution in [3.05, 3.63) is 11.6 Å². The van der Waals surface area contributed by atoms with E-state index < -0.39 is 53.7 Å². The Morgan fingerprint density at radius 1 is 0.891 bits per heavy atom. The summed E-state index contributed by atoms with van der Waals surface area (Å²) in [6.45, 7) is 15.3. The molecule has 5 N–H and O–H groups in total. The van der Waals surface area contributed by atoms with Crippen LogP contribution in [-0.4, -0.2) is 88.1 Å². The number of allylic oxidation sites excluding steroid dienone is 2. The highest BCUT2D eigenvalue weighted by molar-refractivity contribution is 5.76. The molecule has 0 radical (unpaired) electrons. The number of hydrogen-bond donors (Lipinski definition) is 5. The molecule has 1 unspecified atom stereocenters. The molecule has 6 rings (SSSR count).